The number of imidazole rings is 1. The van der Waals surface area contributed by atoms with E-state index in [4.69, 9.17) is 5.26 Å². The molecule has 0 aliphatic carbocycles. The summed E-state index contributed by atoms with van der Waals surface area (Å²) in [5, 5.41) is 9.03. The molecule has 2 rings (SSSR count). The molecular weight excluding hydrogens is 200 g/mol. The Bertz CT molecular complexity index is 536. The number of aromatic nitrogens is 2. The molecular formula is C12H12N4. The highest BCUT2D eigenvalue weighted by Crippen LogP contribution is 2.24. The van der Waals surface area contributed by atoms with Gasteiger partial charge in [-0.15, -0.1) is 0 Å². The van der Waals surface area contributed by atoms with E-state index in [2.05, 4.69) is 11.1 Å². The molecule has 0 unspecified atom stereocenters. The Morgan fingerprint density at radius 2 is 2.12 bits per heavy atom. The third kappa shape index (κ3) is 1.63. The Morgan fingerprint density at radius 3 is 2.75 bits per heavy atom. The van der Waals surface area contributed by atoms with Crippen molar-refractivity contribution in [1.82, 2.24) is 9.55 Å². The molecule has 0 saturated carbocycles. The highest BCUT2D eigenvalue weighted by Gasteiger charge is 2.11. The fourth-order valence-corrected chi connectivity index (χ4v) is 1.65. The van der Waals surface area contributed by atoms with Crippen molar-refractivity contribution in [3.8, 4) is 6.07 Å². The number of hydrogen-bond acceptors (Lipinski definition) is 3. The molecule has 4 nitrogen and oxygen atoms in total. The van der Waals surface area contributed by atoms with Gasteiger partial charge in [-0.05, 0) is 12.1 Å². The molecule has 80 valence electrons. The fraction of sp³-hybridized carbons (Fsp3) is 0.167. The number of rotatable bonds is 2. The van der Waals surface area contributed by atoms with Gasteiger partial charge in [0.05, 0.1) is 11.3 Å². The van der Waals surface area contributed by atoms with Gasteiger partial charge in [0.1, 0.15) is 6.07 Å². The van der Waals surface area contributed by atoms with Gasteiger partial charge in [-0.1, -0.05) is 12.1 Å². The van der Waals surface area contributed by atoms with E-state index in [1.54, 1.807) is 12.3 Å². The minimum atomic E-state index is 0.646. The van der Waals surface area contributed by atoms with Crippen molar-refractivity contribution < 1.29 is 0 Å². The molecule has 0 saturated heterocycles. The maximum absolute atomic E-state index is 9.03. The summed E-state index contributed by atoms with van der Waals surface area (Å²) in [6, 6.07) is 9.66. The lowest BCUT2D eigenvalue weighted by Crippen LogP contribution is -2.15. The van der Waals surface area contributed by atoms with Gasteiger partial charge in [0.15, 0.2) is 0 Å². The Kier molecular flexibility index (Phi) is 2.61. The van der Waals surface area contributed by atoms with Crippen molar-refractivity contribution in [3.63, 3.8) is 0 Å². The Morgan fingerprint density at radius 1 is 1.38 bits per heavy atom. The van der Waals surface area contributed by atoms with Crippen molar-refractivity contribution in [1.29, 1.82) is 5.26 Å². The van der Waals surface area contributed by atoms with Gasteiger partial charge in [0.25, 0.3) is 0 Å². The maximum Gasteiger partial charge on any atom is 0.209 e. The van der Waals surface area contributed by atoms with Gasteiger partial charge in [-0.3, -0.25) is 0 Å². The van der Waals surface area contributed by atoms with E-state index in [0.717, 1.165) is 11.6 Å². The van der Waals surface area contributed by atoms with E-state index >= 15 is 0 Å². The van der Waals surface area contributed by atoms with Gasteiger partial charge in [0.2, 0.25) is 5.95 Å². The summed E-state index contributed by atoms with van der Waals surface area (Å²) in [6.07, 6.45) is 3.61. The number of hydrogen-bond donors (Lipinski definition) is 0. The monoisotopic (exact) mass is 212 g/mol. The molecule has 1 heterocycles. The van der Waals surface area contributed by atoms with Crippen LogP contribution >= 0.6 is 0 Å². The molecule has 0 fully saturated rings. The second-order valence-electron chi connectivity index (χ2n) is 3.53. The lowest BCUT2D eigenvalue weighted by atomic mass is 10.2. The molecule has 0 radical (unpaired) electrons. The third-order valence-electron chi connectivity index (χ3n) is 2.48. The van der Waals surface area contributed by atoms with Crippen LogP contribution in [0.5, 0.6) is 0 Å². The predicted molar refractivity (Wildman–Crippen MR) is 62.4 cm³/mol. The molecule has 2 aromatic rings. The number of benzene rings is 1. The Labute approximate surface area is 94.4 Å². The Hall–Kier alpha value is -2.28. The van der Waals surface area contributed by atoms with Gasteiger partial charge in [-0.2, -0.15) is 5.26 Å². The third-order valence-corrected chi connectivity index (χ3v) is 2.48. The van der Waals surface area contributed by atoms with Gasteiger partial charge in [-0.25, -0.2) is 4.98 Å². The normalized spacial score (nSPS) is 9.81. The smallest absolute Gasteiger partial charge is 0.209 e. The molecule has 0 N–H and O–H groups in total. The minimum Gasteiger partial charge on any atom is -0.320 e. The predicted octanol–water partition coefficient (Wildman–Crippen LogP) is 2.06. The van der Waals surface area contributed by atoms with Crippen LogP contribution in [-0.4, -0.2) is 16.6 Å². The standard InChI is InChI=1S/C12H12N4/c1-15-8-7-14-12(15)16(2)11-6-4-3-5-10(11)9-13/h3-8H,1-2H3. The SMILES string of the molecule is CN(c1ccccc1C#N)c1nccn1C. The van der Waals surface area contributed by atoms with E-state index in [1.165, 1.54) is 0 Å². The molecule has 4 heteroatoms. The number of para-hydroxylation sites is 1. The molecule has 1 aromatic carbocycles. The van der Waals surface area contributed by atoms with Crippen LogP contribution in [0.2, 0.25) is 0 Å². The summed E-state index contributed by atoms with van der Waals surface area (Å²) < 4.78 is 1.91. The lowest BCUT2D eigenvalue weighted by Gasteiger charge is -2.19. The summed E-state index contributed by atoms with van der Waals surface area (Å²) in [5.74, 6) is 0.808. The maximum atomic E-state index is 9.03. The summed E-state index contributed by atoms with van der Waals surface area (Å²) >= 11 is 0. The van der Waals surface area contributed by atoms with Crippen LogP contribution in [0, 0.1) is 11.3 Å². The van der Waals surface area contributed by atoms with Crippen LogP contribution < -0.4 is 4.90 Å². The van der Waals surface area contributed by atoms with E-state index in [1.807, 2.05) is 48.0 Å². The summed E-state index contributed by atoms with van der Waals surface area (Å²) in [6.45, 7) is 0. The number of aryl methyl sites for hydroxylation is 1. The van der Waals surface area contributed by atoms with Gasteiger partial charge in [0, 0.05) is 26.5 Å². The first-order chi connectivity index (χ1) is 7.74. The average molecular weight is 212 g/mol. The average Bonchev–Trinajstić information content (AvgIpc) is 2.74. The molecule has 0 aliphatic heterocycles. The highest BCUT2D eigenvalue weighted by atomic mass is 15.3. The second kappa shape index (κ2) is 4.07. The zero-order chi connectivity index (χ0) is 11.5. The van der Waals surface area contributed by atoms with Crippen molar-refractivity contribution in [2.45, 2.75) is 0 Å². The van der Waals surface area contributed by atoms with E-state index in [0.29, 0.717) is 5.56 Å². The van der Waals surface area contributed by atoms with Crippen molar-refractivity contribution in [2.75, 3.05) is 11.9 Å². The second-order valence-corrected chi connectivity index (χ2v) is 3.53. The zero-order valence-electron chi connectivity index (χ0n) is 9.25. The molecule has 0 atom stereocenters. The first-order valence-corrected chi connectivity index (χ1v) is 4.94. The van der Waals surface area contributed by atoms with Gasteiger partial charge < -0.3 is 9.47 Å². The largest absolute Gasteiger partial charge is 0.320 e. The van der Waals surface area contributed by atoms with Crippen LogP contribution in [0.1, 0.15) is 5.56 Å². The molecule has 16 heavy (non-hydrogen) atoms. The van der Waals surface area contributed by atoms with Crippen LogP contribution in [0.4, 0.5) is 11.6 Å². The van der Waals surface area contributed by atoms with E-state index < -0.39 is 0 Å². The Balaban J connectivity index is 2.46. The number of anilines is 2. The summed E-state index contributed by atoms with van der Waals surface area (Å²) in [4.78, 5) is 6.15. The molecule has 0 amide bonds. The van der Waals surface area contributed by atoms with E-state index in [9.17, 15) is 0 Å². The number of nitrogens with zero attached hydrogens (tertiary/aromatic N) is 4. The van der Waals surface area contributed by atoms with Crippen LogP contribution in [0.15, 0.2) is 36.7 Å². The first kappa shape index (κ1) is 10.2. The van der Waals surface area contributed by atoms with Gasteiger partial charge >= 0.3 is 0 Å². The highest BCUT2D eigenvalue weighted by molar-refractivity contribution is 5.65. The van der Waals surface area contributed by atoms with Crippen molar-refractivity contribution in [3.05, 3.63) is 42.2 Å². The van der Waals surface area contributed by atoms with Crippen LogP contribution in [-0.2, 0) is 7.05 Å². The fourth-order valence-electron chi connectivity index (χ4n) is 1.65. The lowest BCUT2D eigenvalue weighted by molar-refractivity contribution is 0.883. The summed E-state index contributed by atoms with van der Waals surface area (Å²) in [5.41, 5.74) is 1.51. The van der Waals surface area contributed by atoms with Crippen molar-refractivity contribution in [2.24, 2.45) is 7.05 Å². The summed E-state index contributed by atoms with van der Waals surface area (Å²) in [7, 11) is 3.83. The topological polar surface area (TPSA) is 44.9 Å². The zero-order valence-corrected chi connectivity index (χ0v) is 9.25. The molecule has 0 aliphatic rings. The number of nitriles is 1. The van der Waals surface area contributed by atoms with Crippen LogP contribution in [0.25, 0.3) is 0 Å². The minimum absolute atomic E-state index is 0.646. The van der Waals surface area contributed by atoms with Crippen LogP contribution in [0.3, 0.4) is 0 Å². The molecule has 0 spiro atoms. The van der Waals surface area contributed by atoms with Crippen molar-refractivity contribution >= 4 is 11.6 Å². The van der Waals surface area contributed by atoms with E-state index in [-0.39, 0.29) is 0 Å². The quantitative estimate of drug-likeness (QED) is 0.765. The molecule has 1 aromatic heterocycles. The molecule has 0 bridgehead atoms. The first-order valence-electron chi connectivity index (χ1n) is 4.94.